The number of amides is 4. The molecule has 3 aliphatic rings. The number of ether oxygens (including phenoxy) is 2. The highest BCUT2D eigenvalue weighted by Crippen LogP contribution is 2.45. The Hall–Kier alpha value is -5.05. The molecule has 15 heteroatoms. The van der Waals surface area contributed by atoms with E-state index in [1.807, 2.05) is 30.3 Å². The zero-order valence-electron chi connectivity index (χ0n) is 28.4. The first-order valence-electron chi connectivity index (χ1n) is 16.7. The average molecular weight is 722 g/mol. The lowest BCUT2D eigenvalue weighted by molar-refractivity contribution is -0.150. The summed E-state index contributed by atoms with van der Waals surface area (Å²) in [7, 11) is -3.92. The number of nitrogens with zero attached hydrogens (tertiary/aromatic N) is 2. The largest absolute Gasteiger partial charge is 0.472 e. The zero-order chi connectivity index (χ0) is 36.7. The molecular weight excluding hydrogens is 681 g/mol. The van der Waals surface area contributed by atoms with Crippen LogP contribution in [0, 0.1) is 17.2 Å². The van der Waals surface area contributed by atoms with Gasteiger partial charge in [0.05, 0.1) is 11.8 Å². The first-order chi connectivity index (χ1) is 24.1. The average Bonchev–Trinajstić information content (AvgIpc) is 4.01. The Morgan fingerprint density at radius 1 is 1.08 bits per heavy atom. The van der Waals surface area contributed by atoms with Crippen molar-refractivity contribution in [1.82, 2.24) is 19.9 Å². The lowest BCUT2D eigenvalue weighted by Crippen LogP contribution is -2.58. The number of nitrogens with one attached hydrogen (secondary N) is 3. The summed E-state index contributed by atoms with van der Waals surface area (Å²) in [6.07, 6.45) is 0.935. The Morgan fingerprint density at radius 2 is 1.78 bits per heavy atom. The molecule has 270 valence electrons. The third-order valence-electron chi connectivity index (χ3n) is 9.34. The fourth-order valence-corrected chi connectivity index (χ4v) is 7.64. The summed E-state index contributed by atoms with van der Waals surface area (Å²) in [4.78, 5) is 60.6. The van der Waals surface area contributed by atoms with Crippen LogP contribution in [0.25, 0.3) is 10.8 Å². The number of fused-ring (bicyclic) bond motifs is 1. The van der Waals surface area contributed by atoms with Gasteiger partial charge in [-0.3, -0.25) is 24.4 Å². The third kappa shape index (κ3) is 7.67. The monoisotopic (exact) mass is 721 g/mol. The Labute approximate surface area is 295 Å². The number of halogens is 1. The van der Waals surface area contributed by atoms with Crippen LogP contribution in [0.4, 0.5) is 14.9 Å². The number of likely N-dealkylation sites (tertiary alicyclic amines) is 1. The van der Waals surface area contributed by atoms with Gasteiger partial charge in [0.25, 0.3) is 11.8 Å². The van der Waals surface area contributed by atoms with E-state index in [1.165, 1.54) is 23.1 Å². The van der Waals surface area contributed by atoms with Gasteiger partial charge in [0.15, 0.2) is 6.10 Å². The van der Waals surface area contributed by atoms with Crippen LogP contribution in [0.5, 0.6) is 5.88 Å². The molecule has 3 aromatic rings. The van der Waals surface area contributed by atoms with Crippen LogP contribution in [0.2, 0.25) is 0 Å². The topological polar surface area (TPSA) is 173 Å². The molecule has 0 spiro atoms. The molecule has 3 N–H and O–H groups in total. The number of pyridine rings is 1. The molecule has 0 unspecified atom stereocenters. The van der Waals surface area contributed by atoms with E-state index in [0.717, 1.165) is 22.9 Å². The first kappa shape index (κ1) is 35.8. The molecule has 5 atom stereocenters. The van der Waals surface area contributed by atoms with Gasteiger partial charge in [-0.1, -0.05) is 45.0 Å². The van der Waals surface area contributed by atoms with Crippen molar-refractivity contribution in [2.24, 2.45) is 11.3 Å². The van der Waals surface area contributed by atoms with Crippen molar-refractivity contribution >= 4 is 50.3 Å². The predicted molar refractivity (Wildman–Crippen MR) is 185 cm³/mol. The van der Waals surface area contributed by atoms with Crippen molar-refractivity contribution in [3.05, 3.63) is 79.3 Å². The summed E-state index contributed by atoms with van der Waals surface area (Å²) >= 11 is 0. The molecule has 1 aliphatic heterocycles. The van der Waals surface area contributed by atoms with Crippen LogP contribution in [-0.2, 0) is 29.1 Å². The summed E-state index contributed by atoms with van der Waals surface area (Å²) in [5.74, 6) is -3.03. The van der Waals surface area contributed by atoms with E-state index in [0.29, 0.717) is 18.7 Å². The highest BCUT2D eigenvalue weighted by molar-refractivity contribution is 7.91. The third-order valence-corrected chi connectivity index (χ3v) is 11.2. The summed E-state index contributed by atoms with van der Waals surface area (Å²) in [6.45, 7) is 8.72. The molecule has 2 aliphatic carbocycles. The van der Waals surface area contributed by atoms with Crippen LogP contribution in [0.15, 0.2) is 73.4 Å². The van der Waals surface area contributed by atoms with Gasteiger partial charge < -0.3 is 19.7 Å². The lowest BCUT2D eigenvalue weighted by atomic mass is 9.88. The molecule has 51 heavy (non-hydrogen) atoms. The standard InChI is InChI=1S/C36H40FN5O8S/c1-5-22-19-36(22,33(45)41-51(47,48)26-14-15-26)40-30(43)28-18-25(49-31-27-9-7-6-8-21(27)16-17-38-31)20-42(28)32(44)29(35(2,3)4)50-34(46)39-24-12-10-23(37)11-13-24/h5-13,16-17,22,25-26,28-29H,1,14-15,18-20H2,2-4H3,(H,39,46)(H,40,43)(H,41,45)/t22-,25-,28+,29-,36-/m1/s1. The molecule has 2 heterocycles. The Bertz CT molecular complexity index is 1980. The summed E-state index contributed by atoms with van der Waals surface area (Å²) in [6, 6.07) is 13.0. The second kappa shape index (κ2) is 13.6. The van der Waals surface area contributed by atoms with Crippen molar-refractivity contribution in [3.63, 3.8) is 0 Å². The van der Waals surface area contributed by atoms with Crippen LogP contribution in [0.1, 0.15) is 46.5 Å². The number of hydrogen-bond acceptors (Lipinski definition) is 9. The van der Waals surface area contributed by atoms with Gasteiger partial charge in [0.1, 0.15) is 23.5 Å². The Morgan fingerprint density at radius 3 is 2.43 bits per heavy atom. The van der Waals surface area contributed by atoms with Crippen molar-refractivity contribution in [2.75, 3.05) is 11.9 Å². The second-order valence-corrected chi connectivity index (χ2v) is 16.2. The fourth-order valence-electron chi connectivity index (χ4n) is 6.27. The Balaban J connectivity index is 1.27. The smallest absolute Gasteiger partial charge is 0.412 e. The molecule has 13 nitrogen and oxygen atoms in total. The van der Waals surface area contributed by atoms with Crippen molar-refractivity contribution in [3.8, 4) is 5.88 Å². The molecule has 2 aromatic carbocycles. The minimum absolute atomic E-state index is 0.0159. The van der Waals surface area contributed by atoms with E-state index in [2.05, 4.69) is 26.9 Å². The minimum Gasteiger partial charge on any atom is -0.472 e. The number of sulfonamides is 1. The molecule has 0 bridgehead atoms. The van der Waals surface area contributed by atoms with Crippen molar-refractivity contribution in [1.29, 1.82) is 0 Å². The molecule has 1 aromatic heterocycles. The predicted octanol–water partition coefficient (Wildman–Crippen LogP) is 4.05. The van der Waals surface area contributed by atoms with Gasteiger partial charge in [-0.05, 0) is 61.0 Å². The van der Waals surface area contributed by atoms with Crippen LogP contribution in [0.3, 0.4) is 0 Å². The molecule has 6 rings (SSSR count). The molecule has 3 fully saturated rings. The number of carbonyl (C=O) groups is 4. The fraction of sp³-hybridized carbons (Fsp3) is 0.417. The summed E-state index contributed by atoms with van der Waals surface area (Å²) in [5.41, 5.74) is -2.30. The van der Waals surface area contributed by atoms with Crippen molar-refractivity contribution < 1.29 is 41.5 Å². The lowest BCUT2D eigenvalue weighted by Gasteiger charge is -2.34. The number of carbonyl (C=O) groups excluding carboxylic acids is 4. The van der Waals surface area contributed by atoms with Gasteiger partial charge in [0, 0.05) is 35.0 Å². The first-order valence-corrected chi connectivity index (χ1v) is 18.2. The van der Waals surface area contributed by atoms with E-state index in [1.54, 1.807) is 27.0 Å². The number of hydrogen-bond donors (Lipinski definition) is 3. The van der Waals surface area contributed by atoms with Gasteiger partial charge >= 0.3 is 6.09 Å². The molecule has 4 amide bonds. The normalized spacial score (nSPS) is 23.5. The SMILES string of the molecule is C=C[C@@H]1C[C@]1(NC(=O)[C@@H]1C[C@@H](Oc2nccc3ccccc23)CN1C(=O)[C@@H](OC(=O)Nc1ccc(F)cc1)C(C)(C)C)C(=O)NS(=O)(=O)C1CC1. The van der Waals surface area contributed by atoms with E-state index in [4.69, 9.17) is 9.47 Å². The maximum atomic E-state index is 14.4. The van der Waals surface area contributed by atoms with Gasteiger partial charge in [-0.2, -0.15) is 0 Å². The highest BCUT2D eigenvalue weighted by Gasteiger charge is 2.62. The number of anilines is 1. The number of rotatable bonds is 11. The number of aromatic nitrogens is 1. The van der Waals surface area contributed by atoms with Gasteiger partial charge in [-0.15, -0.1) is 6.58 Å². The van der Waals surface area contributed by atoms with Crippen LogP contribution < -0.4 is 20.1 Å². The molecule has 2 saturated carbocycles. The zero-order valence-corrected chi connectivity index (χ0v) is 29.2. The van der Waals surface area contributed by atoms with E-state index >= 15 is 0 Å². The van der Waals surface area contributed by atoms with E-state index in [-0.39, 0.29) is 25.1 Å². The van der Waals surface area contributed by atoms with Gasteiger partial charge in [-0.25, -0.2) is 22.6 Å². The summed E-state index contributed by atoms with van der Waals surface area (Å²) in [5, 5.41) is 6.17. The molecular formula is C36H40FN5O8S. The highest BCUT2D eigenvalue weighted by atomic mass is 32.2. The van der Waals surface area contributed by atoms with E-state index < -0.39 is 80.0 Å². The minimum atomic E-state index is -3.92. The molecule has 1 saturated heterocycles. The quantitative estimate of drug-likeness (QED) is 0.247. The maximum Gasteiger partial charge on any atom is 0.412 e. The second-order valence-electron chi connectivity index (χ2n) is 14.3. The summed E-state index contributed by atoms with van der Waals surface area (Å²) < 4.78 is 52.8. The van der Waals surface area contributed by atoms with Crippen molar-refractivity contribution in [2.45, 2.75) is 75.5 Å². The maximum absolute atomic E-state index is 14.4. The van der Waals surface area contributed by atoms with Gasteiger partial charge in [0.2, 0.25) is 21.8 Å². The number of benzene rings is 2. The van der Waals surface area contributed by atoms with Crippen LogP contribution in [-0.4, -0.2) is 77.7 Å². The Kier molecular flexibility index (Phi) is 9.53. The van der Waals surface area contributed by atoms with Crippen LogP contribution >= 0.6 is 0 Å². The van der Waals surface area contributed by atoms with E-state index in [9.17, 15) is 32.0 Å². The molecule has 0 radical (unpaired) electrons.